The van der Waals surface area contributed by atoms with Crippen LogP contribution in [0.2, 0.25) is 0 Å². The lowest BCUT2D eigenvalue weighted by Gasteiger charge is -2.10. The third kappa shape index (κ3) is 4.03. The van der Waals surface area contributed by atoms with Gasteiger partial charge in [0, 0.05) is 11.6 Å². The van der Waals surface area contributed by atoms with Crippen LogP contribution >= 0.6 is 0 Å². The van der Waals surface area contributed by atoms with E-state index in [1.807, 2.05) is 60.7 Å². The molecular weight excluding hydrogens is 347 g/mol. The number of carbonyl (C=O) groups is 1. The number of halogens is 1. The lowest BCUT2D eigenvalue weighted by atomic mass is 10.3. The molecule has 0 aliphatic rings. The van der Waals surface area contributed by atoms with Gasteiger partial charge in [-0.05, 0) is 43.3 Å². The minimum atomic E-state index is -0.637. The highest BCUT2D eigenvalue weighted by molar-refractivity contribution is 7.97. The zero-order valence-corrected chi connectivity index (χ0v) is 15.1. The van der Waals surface area contributed by atoms with Gasteiger partial charge in [0.25, 0.3) is 0 Å². The number of carbonyl (C=O) groups excluding carboxylic acids is 1. The molecule has 0 N–H and O–H groups in total. The minimum Gasteiger partial charge on any atom is -0.420 e. The van der Waals surface area contributed by atoms with Crippen molar-refractivity contribution in [2.45, 2.75) is 21.6 Å². The molecule has 3 aromatic rings. The fourth-order valence-corrected chi connectivity index (χ4v) is 4.50. The summed E-state index contributed by atoms with van der Waals surface area (Å²) in [6.07, 6.45) is 0. The predicted molar refractivity (Wildman–Crippen MR) is 102 cm³/mol. The van der Waals surface area contributed by atoms with Gasteiger partial charge in [0.05, 0.1) is 10.9 Å². The lowest BCUT2D eigenvalue weighted by molar-refractivity contribution is -0.130. The minimum absolute atomic E-state index is 0.0913. The average molecular weight is 365 g/mol. The normalized spacial score (nSPS) is 10.6. The van der Waals surface area contributed by atoms with Crippen molar-refractivity contribution in [3.63, 3.8) is 0 Å². The maximum atomic E-state index is 14.6. The number of esters is 1. The standard InChI is InChI=1S/C22H18FO2S/c1-16(2)22(24)25-21-14-13-19(15-20(21)23)26(17-9-5-3-6-10-17)18-11-7-4-8-12-18/h3-15H,1H2,2H3/q+1. The van der Waals surface area contributed by atoms with Gasteiger partial charge in [-0.15, -0.1) is 0 Å². The van der Waals surface area contributed by atoms with Gasteiger partial charge < -0.3 is 4.74 Å². The summed E-state index contributed by atoms with van der Waals surface area (Å²) in [4.78, 5) is 14.6. The summed E-state index contributed by atoms with van der Waals surface area (Å²) in [5.74, 6) is -1.30. The van der Waals surface area contributed by atoms with Crippen molar-refractivity contribution in [3.8, 4) is 5.75 Å². The van der Waals surface area contributed by atoms with Crippen LogP contribution in [-0.4, -0.2) is 5.97 Å². The number of benzene rings is 3. The van der Waals surface area contributed by atoms with E-state index in [0.717, 1.165) is 14.7 Å². The molecule has 26 heavy (non-hydrogen) atoms. The van der Waals surface area contributed by atoms with Crippen LogP contribution in [-0.2, 0) is 15.7 Å². The van der Waals surface area contributed by atoms with E-state index in [4.69, 9.17) is 4.74 Å². The largest absolute Gasteiger partial charge is 0.420 e. The zero-order valence-electron chi connectivity index (χ0n) is 14.3. The topological polar surface area (TPSA) is 26.3 Å². The first-order valence-corrected chi connectivity index (χ1v) is 9.30. The molecule has 0 radical (unpaired) electrons. The van der Waals surface area contributed by atoms with E-state index < -0.39 is 22.7 Å². The second kappa shape index (κ2) is 8.02. The van der Waals surface area contributed by atoms with E-state index in [-0.39, 0.29) is 11.3 Å². The molecule has 130 valence electrons. The quantitative estimate of drug-likeness (QED) is 0.262. The van der Waals surface area contributed by atoms with E-state index in [1.54, 1.807) is 6.07 Å². The summed E-state index contributed by atoms with van der Waals surface area (Å²) in [5.41, 5.74) is 0.224. The molecule has 2 nitrogen and oxygen atoms in total. The van der Waals surface area contributed by atoms with Gasteiger partial charge in [0.2, 0.25) is 0 Å². The Bertz CT molecular complexity index is 884. The first-order valence-electron chi connectivity index (χ1n) is 8.08. The van der Waals surface area contributed by atoms with E-state index in [1.165, 1.54) is 19.1 Å². The highest BCUT2D eigenvalue weighted by Crippen LogP contribution is 2.33. The molecule has 0 heterocycles. The molecule has 0 fully saturated rings. The highest BCUT2D eigenvalue weighted by Gasteiger charge is 2.29. The van der Waals surface area contributed by atoms with Crippen LogP contribution in [0, 0.1) is 5.82 Å². The molecule has 0 saturated heterocycles. The summed E-state index contributed by atoms with van der Waals surface area (Å²) in [6.45, 7) is 5.04. The van der Waals surface area contributed by atoms with E-state index in [2.05, 4.69) is 6.58 Å². The summed E-state index contributed by atoms with van der Waals surface area (Å²) in [5, 5.41) is 0. The molecule has 0 aliphatic carbocycles. The van der Waals surface area contributed by atoms with Crippen LogP contribution in [0.4, 0.5) is 4.39 Å². The Balaban J connectivity index is 2.01. The number of hydrogen-bond acceptors (Lipinski definition) is 2. The SMILES string of the molecule is C=C(C)C(=O)Oc1ccc([S+](c2ccccc2)c2ccccc2)cc1F. The maximum Gasteiger partial charge on any atom is 0.338 e. The van der Waals surface area contributed by atoms with Crippen molar-refractivity contribution in [1.29, 1.82) is 0 Å². The molecule has 0 unspecified atom stereocenters. The van der Waals surface area contributed by atoms with Gasteiger partial charge in [-0.3, -0.25) is 0 Å². The van der Waals surface area contributed by atoms with Gasteiger partial charge >= 0.3 is 5.97 Å². The zero-order chi connectivity index (χ0) is 18.5. The van der Waals surface area contributed by atoms with Gasteiger partial charge in [-0.25, -0.2) is 9.18 Å². The molecule has 0 aromatic heterocycles. The second-order valence-electron chi connectivity index (χ2n) is 5.69. The van der Waals surface area contributed by atoms with Gasteiger partial charge in [0.15, 0.2) is 26.3 Å². The molecule has 3 aromatic carbocycles. The Hall–Kier alpha value is -2.85. The van der Waals surface area contributed by atoms with Crippen molar-refractivity contribution in [2.75, 3.05) is 0 Å². The summed E-state index contributed by atoms with van der Waals surface area (Å²) >= 11 is 0. The fraction of sp³-hybridized carbons (Fsp3) is 0.0455. The fourth-order valence-electron chi connectivity index (χ4n) is 2.40. The summed E-state index contributed by atoms with van der Waals surface area (Å²) < 4.78 is 19.6. The molecule has 0 atom stereocenters. The van der Waals surface area contributed by atoms with Crippen molar-refractivity contribution in [3.05, 3.63) is 96.8 Å². The first-order chi connectivity index (χ1) is 12.6. The molecule has 0 amide bonds. The van der Waals surface area contributed by atoms with Gasteiger partial charge in [-0.2, -0.15) is 0 Å². The third-order valence-electron chi connectivity index (χ3n) is 3.65. The highest BCUT2D eigenvalue weighted by atomic mass is 32.2. The maximum absolute atomic E-state index is 14.6. The van der Waals surface area contributed by atoms with Crippen molar-refractivity contribution in [1.82, 2.24) is 0 Å². The lowest BCUT2D eigenvalue weighted by Crippen LogP contribution is -2.10. The Labute approximate surface area is 155 Å². The van der Waals surface area contributed by atoms with Crippen LogP contribution in [0.3, 0.4) is 0 Å². The molecule has 0 bridgehead atoms. The summed E-state index contributed by atoms with van der Waals surface area (Å²) in [6, 6.07) is 24.6. The van der Waals surface area contributed by atoms with Gasteiger partial charge in [-0.1, -0.05) is 43.0 Å². The van der Waals surface area contributed by atoms with E-state index in [0.29, 0.717) is 0 Å². The van der Waals surface area contributed by atoms with Crippen molar-refractivity contribution in [2.24, 2.45) is 0 Å². The second-order valence-corrected chi connectivity index (χ2v) is 7.72. The smallest absolute Gasteiger partial charge is 0.338 e. The monoisotopic (exact) mass is 365 g/mol. The van der Waals surface area contributed by atoms with E-state index in [9.17, 15) is 9.18 Å². The Kier molecular flexibility index (Phi) is 5.54. The Morgan fingerprint density at radius 2 is 1.42 bits per heavy atom. The number of hydrogen-bond donors (Lipinski definition) is 0. The number of ether oxygens (including phenoxy) is 1. The molecular formula is C22H18FO2S+. The molecule has 3 rings (SSSR count). The van der Waals surface area contributed by atoms with Gasteiger partial charge in [0.1, 0.15) is 0 Å². The van der Waals surface area contributed by atoms with Crippen molar-refractivity contribution < 1.29 is 13.9 Å². The first kappa shape index (κ1) is 18.0. The Morgan fingerprint density at radius 3 is 1.88 bits per heavy atom. The molecule has 0 aliphatic heterocycles. The third-order valence-corrected chi connectivity index (χ3v) is 5.86. The van der Waals surface area contributed by atoms with Crippen LogP contribution < -0.4 is 4.74 Å². The molecule has 4 heteroatoms. The summed E-state index contributed by atoms with van der Waals surface area (Å²) in [7, 11) is -0.453. The van der Waals surface area contributed by atoms with Crippen LogP contribution in [0.15, 0.2) is 106 Å². The molecule has 0 spiro atoms. The average Bonchev–Trinajstić information content (AvgIpc) is 2.65. The Morgan fingerprint density at radius 1 is 0.885 bits per heavy atom. The van der Waals surface area contributed by atoms with Crippen molar-refractivity contribution >= 4 is 16.9 Å². The molecule has 0 saturated carbocycles. The van der Waals surface area contributed by atoms with Crippen LogP contribution in [0.5, 0.6) is 5.75 Å². The predicted octanol–water partition coefficient (Wildman–Crippen LogP) is 5.40. The van der Waals surface area contributed by atoms with Crippen LogP contribution in [0.1, 0.15) is 6.92 Å². The number of rotatable bonds is 5. The van der Waals surface area contributed by atoms with E-state index >= 15 is 0 Å². The van der Waals surface area contributed by atoms with Crippen LogP contribution in [0.25, 0.3) is 0 Å².